The lowest BCUT2D eigenvalue weighted by Crippen LogP contribution is -2.38. The first-order valence-electron chi connectivity index (χ1n) is 7.12. The highest BCUT2D eigenvalue weighted by Crippen LogP contribution is 2.36. The zero-order chi connectivity index (χ0) is 15.3. The van der Waals surface area contributed by atoms with Crippen LogP contribution >= 0.6 is 0 Å². The molecule has 1 aliphatic heterocycles. The number of carboxylic acid groups (broad SMARTS) is 1. The Morgan fingerprint density at radius 2 is 1.62 bits per heavy atom. The fourth-order valence-corrected chi connectivity index (χ4v) is 3.44. The highest BCUT2D eigenvalue weighted by Gasteiger charge is 2.45. The van der Waals surface area contributed by atoms with Gasteiger partial charge in [0.05, 0.1) is 17.0 Å². The summed E-state index contributed by atoms with van der Waals surface area (Å²) in [6.07, 6.45) is 1.45. The first kappa shape index (κ1) is 13.8. The minimum Gasteiger partial charge on any atom is -0.481 e. The minimum absolute atomic E-state index is 0.271. The number of carboxylic acids is 1. The van der Waals surface area contributed by atoms with Crippen LogP contribution in [0.5, 0.6) is 0 Å². The van der Waals surface area contributed by atoms with Crippen molar-refractivity contribution >= 4 is 17.8 Å². The molecule has 0 aromatic heterocycles. The molecule has 0 radical (unpaired) electrons. The number of rotatable bonds is 2. The lowest BCUT2D eigenvalue weighted by molar-refractivity contribution is -0.141. The molecule has 110 valence electrons. The van der Waals surface area contributed by atoms with Gasteiger partial charge in [0.25, 0.3) is 11.8 Å². The zero-order valence-electron chi connectivity index (χ0n) is 12.0. The third kappa shape index (κ3) is 1.95. The topological polar surface area (TPSA) is 74.7 Å². The Hall–Kier alpha value is -2.17. The van der Waals surface area contributed by atoms with E-state index in [1.165, 1.54) is 4.90 Å². The van der Waals surface area contributed by atoms with E-state index in [4.69, 9.17) is 5.11 Å². The molecule has 5 nitrogen and oxygen atoms in total. The second-order valence-corrected chi connectivity index (χ2v) is 5.93. The smallest absolute Gasteiger partial charge is 0.306 e. The van der Waals surface area contributed by atoms with Gasteiger partial charge in [0.2, 0.25) is 0 Å². The summed E-state index contributed by atoms with van der Waals surface area (Å²) >= 11 is 0. The number of nitrogens with zero attached hydrogens (tertiary/aromatic N) is 1. The van der Waals surface area contributed by atoms with Gasteiger partial charge in [0.15, 0.2) is 0 Å². The normalized spacial score (nSPS) is 24.6. The first-order chi connectivity index (χ1) is 9.91. The van der Waals surface area contributed by atoms with Gasteiger partial charge < -0.3 is 5.11 Å². The number of aliphatic carboxylic acids is 1. The lowest BCUT2D eigenvalue weighted by atomic mass is 9.99. The number of hydrogen-bond donors (Lipinski definition) is 1. The summed E-state index contributed by atoms with van der Waals surface area (Å²) < 4.78 is 0. The van der Waals surface area contributed by atoms with Crippen molar-refractivity contribution in [1.29, 1.82) is 0 Å². The summed E-state index contributed by atoms with van der Waals surface area (Å²) in [5.41, 5.74) is 2.56. The molecule has 0 saturated heterocycles. The third-order valence-corrected chi connectivity index (χ3v) is 4.61. The van der Waals surface area contributed by atoms with Gasteiger partial charge in [-0.25, -0.2) is 0 Å². The van der Waals surface area contributed by atoms with Gasteiger partial charge in [-0.15, -0.1) is 0 Å². The van der Waals surface area contributed by atoms with E-state index in [0.29, 0.717) is 30.4 Å². The van der Waals surface area contributed by atoms with Crippen molar-refractivity contribution in [3.05, 3.63) is 34.4 Å². The molecule has 1 aromatic rings. The molecular formula is C16H17NO4. The molecule has 1 heterocycles. The van der Waals surface area contributed by atoms with E-state index in [2.05, 4.69) is 0 Å². The average molecular weight is 287 g/mol. The van der Waals surface area contributed by atoms with Crippen LogP contribution in [0.1, 0.15) is 51.1 Å². The molecule has 1 aromatic carbocycles. The molecule has 1 aliphatic carbocycles. The molecule has 1 N–H and O–H groups in total. The maximum absolute atomic E-state index is 12.6. The molecule has 0 bridgehead atoms. The van der Waals surface area contributed by atoms with Gasteiger partial charge in [0, 0.05) is 6.04 Å². The minimum atomic E-state index is -0.846. The van der Waals surface area contributed by atoms with Gasteiger partial charge in [-0.1, -0.05) is 12.1 Å². The summed E-state index contributed by atoms with van der Waals surface area (Å²) in [7, 11) is 0. The van der Waals surface area contributed by atoms with Gasteiger partial charge >= 0.3 is 5.97 Å². The molecule has 3 rings (SSSR count). The average Bonchev–Trinajstić information content (AvgIpc) is 2.98. The molecule has 2 aliphatic rings. The van der Waals surface area contributed by atoms with Crippen molar-refractivity contribution in [1.82, 2.24) is 4.90 Å². The quantitative estimate of drug-likeness (QED) is 0.846. The number of fused-ring (bicyclic) bond motifs is 1. The Morgan fingerprint density at radius 3 is 2.05 bits per heavy atom. The summed E-state index contributed by atoms with van der Waals surface area (Å²) in [5.74, 6) is -1.84. The van der Waals surface area contributed by atoms with E-state index in [-0.39, 0.29) is 17.9 Å². The van der Waals surface area contributed by atoms with E-state index in [1.807, 2.05) is 26.0 Å². The van der Waals surface area contributed by atoms with Crippen LogP contribution < -0.4 is 0 Å². The predicted molar refractivity (Wildman–Crippen MR) is 75.2 cm³/mol. The van der Waals surface area contributed by atoms with E-state index in [0.717, 1.165) is 11.1 Å². The maximum atomic E-state index is 12.6. The van der Waals surface area contributed by atoms with Gasteiger partial charge in [0.1, 0.15) is 0 Å². The first-order valence-corrected chi connectivity index (χ1v) is 7.12. The third-order valence-electron chi connectivity index (χ3n) is 4.61. The maximum Gasteiger partial charge on any atom is 0.306 e. The molecular weight excluding hydrogens is 270 g/mol. The van der Waals surface area contributed by atoms with E-state index in [1.54, 1.807) is 0 Å². The number of benzene rings is 1. The highest BCUT2D eigenvalue weighted by molar-refractivity contribution is 6.22. The molecule has 5 heteroatoms. The molecule has 1 fully saturated rings. The predicted octanol–water partition coefficient (Wildman–Crippen LogP) is 2.15. The summed E-state index contributed by atoms with van der Waals surface area (Å²) in [6.45, 7) is 3.64. The van der Waals surface area contributed by atoms with Crippen molar-refractivity contribution < 1.29 is 19.5 Å². The van der Waals surface area contributed by atoms with Crippen LogP contribution in [0.25, 0.3) is 0 Å². The Morgan fingerprint density at radius 1 is 1.10 bits per heavy atom. The molecule has 21 heavy (non-hydrogen) atoms. The van der Waals surface area contributed by atoms with Crippen LogP contribution in [0, 0.1) is 19.8 Å². The largest absolute Gasteiger partial charge is 0.481 e. The molecule has 0 spiro atoms. The zero-order valence-corrected chi connectivity index (χ0v) is 12.0. The van der Waals surface area contributed by atoms with Crippen molar-refractivity contribution in [3.63, 3.8) is 0 Å². The standard InChI is InChI=1S/C16H17NO4/c1-8-3-4-9(2)13-12(8)14(18)17(15(13)19)11-6-5-10(7-11)16(20)21/h3-4,10-11H,5-7H2,1-2H3,(H,20,21). The molecule has 2 amide bonds. The van der Waals surface area contributed by atoms with Crippen molar-refractivity contribution in [2.24, 2.45) is 5.92 Å². The van der Waals surface area contributed by atoms with E-state index < -0.39 is 11.9 Å². The number of imide groups is 1. The summed E-state index contributed by atoms with van der Waals surface area (Å²) in [5, 5.41) is 9.08. The van der Waals surface area contributed by atoms with Crippen LogP contribution in [0.3, 0.4) is 0 Å². The molecule has 2 atom stereocenters. The summed E-state index contributed by atoms with van der Waals surface area (Å²) in [6, 6.07) is 3.40. The second kappa shape index (κ2) is 4.69. The van der Waals surface area contributed by atoms with Crippen LogP contribution in [-0.2, 0) is 4.79 Å². The van der Waals surface area contributed by atoms with Crippen molar-refractivity contribution in [3.8, 4) is 0 Å². The summed E-state index contributed by atoms with van der Waals surface area (Å²) in [4.78, 5) is 37.6. The Balaban J connectivity index is 1.96. The van der Waals surface area contributed by atoms with E-state index in [9.17, 15) is 14.4 Å². The number of aryl methyl sites for hydroxylation is 2. The van der Waals surface area contributed by atoms with Gasteiger partial charge in [-0.2, -0.15) is 0 Å². The SMILES string of the molecule is Cc1ccc(C)c2c1C(=O)N(C1CCC(C(=O)O)C1)C2=O. The molecule has 2 unspecified atom stereocenters. The van der Waals surface area contributed by atoms with Crippen LogP contribution in [0.2, 0.25) is 0 Å². The number of carbonyl (C=O) groups is 3. The number of hydrogen-bond acceptors (Lipinski definition) is 3. The fourth-order valence-electron chi connectivity index (χ4n) is 3.44. The van der Waals surface area contributed by atoms with Crippen LogP contribution in [0.4, 0.5) is 0 Å². The van der Waals surface area contributed by atoms with Crippen molar-refractivity contribution in [2.75, 3.05) is 0 Å². The van der Waals surface area contributed by atoms with Crippen LogP contribution in [0.15, 0.2) is 12.1 Å². The monoisotopic (exact) mass is 287 g/mol. The van der Waals surface area contributed by atoms with Gasteiger partial charge in [-0.3, -0.25) is 19.3 Å². The second-order valence-electron chi connectivity index (χ2n) is 5.93. The molecule has 1 saturated carbocycles. The number of amides is 2. The Kier molecular flexibility index (Phi) is 3.08. The van der Waals surface area contributed by atoms with Crippen molar-refractivity contribution in [2.45, 2.75) is 39.2 Å². The van der Waals surface area contributed by atoms with Crippen LogP contribution in [-0.4, -0.2) is 33.8 Å². The number of carbonyl (C=O) groups excluding carboxylic acids is 2. The Labute approximate surface area is 122 Å². The Bertz CT molecular complexity index is 623. The highest BCUT2D eigenvalue weighted by atomic mass is 16.4. The van der Waals surface area contributed by atoms with Gasteiger partial charge in [-0.05, 0) is 44.2 Å². The van der Waals surface area contributed by atoms with E-state index >= 15 is 0 Å². The fraction of sp³-hybridized carbons (Fsp3) is 0.438. The lowest BCUT2D eigenvalue weighted by Gasteiger charge is -2.21.